The molecule has 0 aliphatic heterocycles. The molecule has 0 aliphatic rings. The van der Waals surface area contributed by atoms with Gasteiger partial charge in [-0.1, -0.05) is 60.7 Å². The van der Waals surface area contributed by atoms with E-state index in [9.17, 15) is 0 Å². The summed E-state index contributed by atoms with van der Waals surface area (Å²) in [6, 6.07) is 36.8. The van der Waals surface area contributed by atoms with E-state index in [2.05, 4.69) is 58.5 Å². The topological polar surface area (TPSA) is 64.7 Å². The number of furan rings is 1. The molecule has 5 heteroatoms. The van der Waals surface area contributed by atoms with Crippen LogP contribution in [0.3, 0.4) is 0 Å². The molecule has 0 bridgehead atoms. The van der Waals surface area contributed by atoms with Gasteiger partial charge in [0, 0.05) is 52.1 Å². The van der Waals surface area contributed by atoms with Crippen molar-refractivity contribution in [2.75, 3.05) is 0 Å². The Hall–Kier alpha value is -5.68. The summed E-state index contributed by atoms with van der Waals surface area (Å²) in [5.74, 6) is 0. The van der Waals surface area contributed by atoms with Gasteiger partial charge in [0.2, 0.25) is 0 Å². The Morgan fingerprint density at radius 1 is 0.439 bits per heavy atom. The normalized spacial score (nSPS) is 11.4. The fraction of sp³-hybridized carbons (Fsp3) is 0. The zero-order valence-corrected chi connectivity index (χ0v) is 21.9. The van der Waals surface area contributed by atoms with Gasteiger partial charge < -0.3 is 4.42 Å². The molecule has 8 aromatic rings. The zero-order chi connectivity index (χ0) is 27.2. The van der Waals surface area contributed by atoms with Crippen LogP contribution in [0.15, 0.2) is 138 Å². The predicted molar refractivity (Wildman–Crippen MR) is 164 cm³/mol. The molecular formula is C36H22N4O. The first-order valence-corrected chi connectivity index (χ1v) is 13.5. The Morgan fingerprint density at radius 2 is 1.05 bits per heavy atom. The Kier molecular flexibility index (Phi) is 5.38. The number of benzene rings is 3. The highest BCUT2D eigenvalue weighted by molar-refractivity contribution is 6.22. The largest absolute Gasteiger partial charge is 0.455 e. The molecule has 8 rings (SSSR count). The van der Waals surface area contributed by atoms with Gasteiger partial charge >= 0.3 is 0 Å². The van der Waals surface area contributed by atoms with Gasteiger partial charge in [-0.25, -0.2) is 0 Å². The standard InChI is InChI=1S/C36H22N4O/c1-2-9-27-26(8-1)28(24-15-17-33(40-22-24)31-12-4-6-19-38-31)20-29-35-25(10-7-13-34(35)41-36(27)29)23-14-16-32(39-21-23)30-11-3-5-18-37-30/h1-22H. The van der Waals surface area contributed by atoms with Gasteiger partial charge in [-0.15, -0.1) is 0 Å². The number of fused-ring (bicyclic) bond motifs is 5. The lowest BCUT2D eigenvalue weighted by atomic mass is 9.94. The van der Waals surface area contributed by atoms with E-state index in [4.69, 9.17) is 14.4 Å². The monoisotopic (exact) mass is 526 g/mol. The van der Waals surface area contributed by atoms with Gasteiger partial charge in [-0.05, 0) is 65.0 Å². The van der Waals surface area contributed by atoms with E-state index in [0.29, 0.717) is 0 Å². The first-order valence-electron chi connectivity index (χ1n) is 13.5. The number of hydrogen-bond acceptors (Lipinski definition) is 5. The molecule has 0 N–H and O–H groups in total. The van der Waals surface area contributed by atoms with Gasteiger partial charge in [-0.3, -0.25) is 19.9 Å². The molecule has 0 unspecified atom stereocenters. The Balaban J connectivity index is 1.32. The lowest BCUT2D eigenvalue weighted by Gasteiger charge is -2.10. The van der Waals surface area contributed by atoms with Crippen molar-refractivity contribution in [2.45, 2.75) is 0 Å². The summed E-state index contributed by atoms with van der Waals surface area (Å²) in [5.41, 5.74) is 9.36. The third-order valence-corrected chi connectivity index (χ3v) is 7.51. The lowest BCUT2D eigenvalue weighted by molar-refractivity contribution is 0.673. The molecule has 0 amide bonds. The van der Waals surface area contributed by atoms with Gasteiger partial charge in [0.15, 0.2) is 0 Å². The van der Waals surface area contributed by atoms with Gasteiger partial charge in [0.25, 0.3) is 0 Å². The Labute approximate surface area is 235 Å². The second-order valence-corrected chi connectivity index (χ2v) is 9.92. The molecule has 0 fully saturated rings. The summed E-state index contributed by atoms with van der Waals surface area (Å²) in [5, 5.41) is 4.32. The first-order chi connectivity index (χ1) is 20.3. The molecule has 3 aromatic carbocycles. The number of pyridine rings is 4. The summed E-state index contributed by atoms with van der Waals surface area (Å²) in [6.45, 7) is 0. The van der Waals surface area contributed by atoms with Crippen molar-refractivity contribution in [3.8, 4) is 45.0 Å². The molecule has 0 spiro atoms. The minimum Gasteiger partial charge on any atom is -0.455 e. The van der Waals surface area contributed by atoms with Gasteiger partial charge in [0.1, 0.15) is 11.2 Å². The molecule has 0 radical (unpaired) electrons. The second kappa shape index (κ2) is 9.50. The summed E-state index contributed by atoms with van der Waals surface area (Å²) < 4.78 is 6.53. The molecule has 5 aromatic heterocycles. The molecule has 0 aliphatic carbocycles. The quantitative estimate of drug-likeness (QED) is 0.229. The van der Waals surface area contributed by atoms with E-state index in [1.54, 1.807) is 12.4 Å². The molecule has 5 heterocycles. The van der Waals surface area contributed by atoms with E-state index >= 15 is 0 Å². The minimum absolute atomic E-state index is 0.841. The predicted octanol–water partition coefficient (Wildman–Crippen LogP) is 8.99. The third kappa shape index (κ3) is 3.95. The van der Waals surface area contributed by atoms with Crippen molar-refractivity contribution in [1.82, 2.24) is 19.9 Å². The molecule has 41 heavy (non-hydrogen) atoms. The van der Waals surface area contributed by atoms with Crippen LogP contribution in [0.2, 0.25) is 0 Å². The lowest BCUT2D eigenvalue weighted by Crippen LogP contribution is -1.89. The van der Waals surface area contributed by atoms with Crippen LogP contribution in [0.1, 0.15) is 0 Å². The maximum atomic E-state index is 6.53. The number of hydrogen-bond donors (Lipinski definition) is 0. The number of aromatic nitrogens is 4. The maximum absolute atomic E-state index is 6.53. The van der Waals surface area contributed by atoms with Crippen LogP contribution in [0.4, 0.5) is 0 Å². The molecule has 0 saturated carbocycles. The van der Waals surface area contributed by atoms with Crippen LogP contribution in [-0.4, -0.2) is 19.9 Å². The third-order valence-electron chi connectivity index (χ3n) is 7.51. The summed E-state index contributed by atoms with van der Waals surface area (Å²) in [6.07, 6.45) is 7.42. The molecule has 0 atom stereocenters. The summed E-state index contributed by atoms with van der Waals surface area (Å²) in [7, 11) is 0. The highest BCUT2D eigenvalue weighted by atomic mass is 16.3. The van der Waals surface area contributed by atoms with E-state index < -0.39 is 0 Å². The Bertz CT molecular complexity index is 2170. The summed E-state index contributed by atoms with van der Waals surface area (Å²) >= 11 is 0. The van der Waals surface area contributed by atoms with E-state index in [-0.39, 0.29) is 0 Å². The van der Waals surface area contributed by atoms with Crippen LogP contribution in [-0.2, 0) is 0 Å². The highest BCUT2D eigenvalue weighted by Crippen LogP contribution is 2.43. The molecular weight excluding hydrogens is 504 g/mol. The molecule has 5 nitrogen and oxygen atoms in total. The summed E-state index contributed by atoms with van der Waals surface area (Å²) in [4.78, 5) is 18.4. The minimum atomic E-state index is 0.841. The van der Waals surface area contributed by atoms with Crippen molar-refractivity contribution in [3.05, 3.63) is 134 Å². The van der Waals surface area contributed by atoms with Crippen LogP contribution < -0.4 is 0 Å². The highest BCUT2D eigenvalue weighted by Gasteiger charge is 2.18. The van der Waals surface area contributed by atoms with Crippen LogP contribution in [0.25, 0.3) is 77.7 Å². The van der Waals surface area contributed by atoms with Crippen molar-refractivity contribution in [3.63, 3.8) is 0 Å². The van der Waals surface area contributed by atoms with Crippen molar-refractivity contribution in [1.29, 1.82) is 0 Å². The van der Waals surface area contributed by atoms with Crippen LogP contribution >= 0.6 is 0 Å². The van der Waals surface area contributed by atoms with Crippen LogP contribution in [0, 0.1) is 0 Å². The van der Waals surface area contributed by atoms with Gasteiger partial charge in [0.05, 0.1) is 22.8 Å². The average molecular weight is 527 g/mol. The van der Waals surface area contributed by atoms with Crippen molar-refractivity contribution in [2.24, 2.45) is 0 Å². The first kappa shape index (κ1) is 23.2. The Morgan fingerprint density at radius 3 is 1.66 bits per heavy atom. The zero-order valence-electron chi connectivity index (χ0n) is 21.9. The SMILES string of the molecule is c1ccc(-c2ccc(-c3cc4c(oc5cccc(-c6ccc(-c7ccccn7)nc6)c54)c4ccccc34)cn2)nc1. The van der Waals surface area contributed by atoms with Crippen LogP contribution in [0.5, 0.6) is 0 Å². The smallest absolute Gasteiger partial charge is 0.143 e. The van der Waals surface area contributed by atoms with E-state index in [0.717, 1.165) is 77.7 Å². The van der Waals surface area contributed by atoms with Gasteiger partial charge in [-0.2, -0.15) is 0 Å². The maximum Gasteiger partial charge on any atom is 0.143 e. The second-order valence-electron chi connectivity index (χ2n) is 9.92. The van der Waals surface area contributed by atoms with Crippen molar-refractivity contribution >= 4 is 32.7 Å². The number of rotatable bonds is 4. The average Bonchev–Trinajstić information content (AvgIpc) is 3.45. The molecule has 192 valence electrons. The fourth-order valence-electron chi connectivity index (χ4n) is 5.57. The van der Waals surface area contributed by atoms with E-state index in [1.165, 1.54) is 0 Å². The number of nitrogens with zero attached hydrogens (tertiary/aromatic N) is 4. The van der Waals surface area contributed by atoms with E-state index in [1.807, 2.05) is 73.1 Å². The molecule has 0 saturated heterocycles. The fourth-order valence-corrected chi connectivity index (χ4v) is 5.57. The van der Waals surface area contributed by atoms with Crippen molar-refractivity contribution < 1.29 is 4.42 Å².